The maximum absolute atomic E-state index is 13.4. The molecule has 3 aromatic heterocycles. The van der Waals surface area contributed by atoms with Crippen molar-refractivity contribution in [2.75, 3.05) is 6.54 Å². The van der Waals surface area contributed by atoms with Crippen LogP contribution in [0.3, 0.4) is 0 Å². The molecule has 0 unspecified atom stereocenters. The van der Waals surface area contributed by atoms with Gasteiger partial charge in [-0.25, -0.2) is 19.2 Å². The van der Waals surface area contributed by atoms with E-state index in [-0.39, 0.29) is 17.9 Å². The molecule has 4 heterocycles. The summed E-state index contributed by atoms with van der Waals surface area (Å²) >= 11 is 0. The molecular weight excluding hydrogens is 366 g/mol. The predicted octanol–water partition coefficient (Wildman–Crippen LogP) is 2.84. The van der Waals surface area contributed by atoms with E-state index < -0.39 is 0 Å². The summed E-state index contributed by atoms with van der Waals surface area (Å²) in [5.74, 6) is 1.70. The van der Waals surface area contributed by atoms with Crippen molar-refractivity contribution in [2.24, 2.45) is 5.92 Å². The minimum atomic E-state index is -0.146. The van der Waals surface area contributed by atoms with Crippen LogP contribution < -0.4 is 0 Å². The van der Waals surface area contributed by atoms with E-state index in [0.29, 0.717) is 30.1 Å². The van der Waals surface area contributed by atoms with Crippen LogP contribution in [0.4, 0.5) is 0 Å². The summed E-state index contributed by atoms with van der Waals surface area (Å²) in [5, 5.41) is 8.84. The van der Waals surface area contributed by atoms with Crippen LogP contribution in [0, 0.1) is 5.92 Å². The van der Waals surface area contributed by atoms with Gasteiger partial charge in [-0.1, -0.05) is 44.2 Å². The molecule has 0 saturated heterocycles. The minimum absolute atomic E-state index is 0.0309. The number of hydrogen-bond acceptors (Lipinski definition) is 5. The number of fused-ring (bicyclic) bond motifs is 2. The molecule has 4 aromatic rings. The van der Waals surface area contributed by atoms with Gasteiger partial charge in [-0.05, 0) is 18.1 Å². The molecule has 1 aliphatic heterocycles. The molecule has 5 rings (SSSR count). The Kier molecular flexibility index (Phi) is 4.12. The van der Waals surface area contributed by atoms with E-state index >= 15 is 0 Å². The molecule has 0 fully saturated rings. The monoisotopic (exact) mass is 387 g/mol. The smallest absolute Gasteiger partial charge is 0.256 e. The Hall–Kier alpha value is -3.55. The molecule has 0 radical (unpaired) electrons. The fourth-order valence-electron chi connectivity index (χ4n) is 3.92. The molecule has 0 spiro atoms. The molecule has 0 aliphatic carbocycles. The normalized spacial score (nSPS) is 16.4. The zero-order valence-corrected chi connectivity index (χ0v) is 16.3. The minimum Gasteiger partial charge on any atom is -0.326 e. The van der Waals surface area contributed by atoms with Crippen LogP contribution in [0.2, 0.25) is 0 Å². The van der Waals surface area contributed by atoms with Crippen molar-refractivity contribution >= 4 is 11.6 Å². The first-order valence-corrected chi connectivity index (χ1v) is 9.72. The molecule has 1 atom stereocenters. The van der Waals surface area contributed by atoms with Crippen LogP contribution in [0.5, 0.6) is 0 Å². The van der Waals surface area contributed by atoms with Crippen LogP contribution in [0.25, 0.3) is 17.0 Å². The third kappa shape index (κ3) is 2.97. The maximum atomic E-state index is 13.4. The van der Waals surface area contributed by atoms with Crippen LogP contribution in [-0.2, 0) is 6.54 Å². The number of pyridine rings is 1. The third-order valence-electron chi connectivity index (χ3n) is 5.30. The summed E-state index contributed by atoms with van der Waals surface area (Å²) in [7, 11) is 0. The average Bonchev–Trinajstić information content (AvgIpc) is 3.39. The van der Waals surface area contributed by atoms with E-state index in [0.717, 1.165) is 11.4 Å². The Morgan fingerprint density at radius 2 is 1.93 bits per heavy atom. The van der Waals surface area contributed by atoms with Crippen molar-refractivity contribution in [1.82, 2.24) is 34.3 Å². The highest BCUT2D eigenvalue weighted by atomic mass is 16.2. The number of rotatable bonds is 3. The second-order valence-electron chi connectivity index (χ2n) is 7.55. The highest BCUT2D eigenvalue weighted by molar-refractivity contribution is 5.94. The average molecular weight is 387 g/mol. The van der Waals surface area contributed by atoms with Gasteiger partial charge < -0.3 is 4.90 Å². The van der Waals surface area contributed by atoms with E-state index in [1.54, 1.807) is 16.8 Å². The largest absolute Gasteiger partial charge is 0.326 e. The zero-order chi connectivity index (χ0) is 20.0. The fourth-order valence-corrected chi connectivity index (χ4v) is 3.92. The summed E-state index contributed by atoms with van der Waals surface area (Å²) in [5.41, 5.74) is 2.28. The fraction of sp³-hybridized carbons (Fsp3) is 0.286. The Morgan fingerprint density at radius 3 is 2.72 bits per heavy atom. The number of hydrogen-bond donors (Lipinski definition) is 0. The summed E-state index contributed by atoms with van der Waals surface area (Å²) < 4.78 is 3.56. The number of carbonyl (C=O) groups excluding carboxylic acids is 1. The highest BCUT2D eigenvalue weighted by Crippen LogP contribution is 2.33. The first-order chi connectivity index (χ1) is 14.1. The standard InChI is InChI=1S/C21H21N7O/c1-14(2)18-20-24-19(15-6-4-3-5-7-15)25-27(20)11-10-26(18)21(29)16-8-9-17-22-13-23-28(17)12-16/h3-9,12-14,18H,10-11H2,1-2H3/t18-/m0/s1. The second-order valence-corrected chi connectivity index (χ2v) is 7.55. The van der Waals surface area contributed by atoms with E-state index in [4.69, 9.17) is 10.1 Å². The van der Waals surface area contributed by atoms with Crippen molar-refractivity contribution < 1.29 is 4.79 Å². The summed E-state index contributed by atoms with van der Waals surface area (Å²) in [6, 6.07) is 13.4. The van der Waals surface area contributed by atoms with Gasteiger partial charge in [0.2, 0.25) is 0 Å². The molecule has 8 nitrogen and oxygen atoms in total. The lowest BCUT2D eigenvalue weighted by Crippen LogP contribution is -2.44. The Labute approximate surface area is 167 Å². The van der Waals surface area contributed by atoms with E-state index in [9.17, 15) is 4.79 Å². The lowest BCUT2D eigenvalue weighted by molar-refractivity contribution is 0.0536. The molecular formula is C21H21N7O. The molecule has 29 heavy (non-hydrogen) atoms. The number of benzene rings is 1. The first kappa shape index (κ1) is 17.5. The maximum Gasteiger partial charge on any atom is 0.256 e. The van der Waals surface area contributed by atoms with Gasteiger partial charge in [0.15, 0.2) is 17.3 Å². The Balaban J connectivity index is 1.52. The van der Waals surface area contributed by atoms with Crippen molar-refractivity contribution in [3.63, 3.8) is 0 Å². The van der Waals surface area contributed by atoms with Gasteiger partial charge in [-0.15, -0.1) is 0 Å². The quantitative estimate of drug-likeness (QED) is 0.540. The van der Waals surface area contributed by atoms with E-state index in [1.165, 1.54) is 6.33 Å². The highest BCUT2D eigenvalue weighted by Gasteiger charge is 2.36. The number of carbonyl (C=O) groups is 1. The van der Waals surface area contributed by atoms with Gasteiger partial charge in [0.25, 0.3) is 5.91 Å². The van der Waals surface area contributed by atoms with Gasteiger partial charge >= 0.3 is 0 Å². The Bertz CT molecular complexity index is 1180. The first-order valence-electron chi connectivity index (χ1n) is 9.72. The van der Waals surface area contributed by atoms with Gasteiger partial charge in [-0.2, -0.15) is 10.2 Å². The predicted molar refractivity (Wildman–Crippen MR) is 107 cm³/mol. The van der Waals surface area contributed by atoms with Crippen molar-refractivity contribution in [1.29, 1.82) is 0 Å². The summed E-state index contributed by atoms with van der Waals surface area (Å²) in [6.45, 7) is 5.42. The third-order valence-corrected chi connectivity index (χ3v) is 5.30. The van der Waals surface area contributed by atoms with Crippen LogP contribution >= 0.6 is 0 Å². The van der Waals surface area contributed by atoms with E-state index in [2.05, 4.69) is 23.9 Å². The van der Waals surface area contributed by atoms with Gasteiger partial charge in [0, 0.05) is 18.3 Å². The van der Waals surface area contributed by atoms with Crippen molar-refractivity contribution in [3.05, 3.63) is 66.4 Å². The molecule has 1 amide bonds. The molecule has 0 bridgehead atoms. The molecule has 0 N–H and O–H groups in total. The molecule has 146 valence electrons. The number of aromatic nitrogens is 6. The number of amides is 1. The van der Waals surface area contributed by atoms with Crippen LogP contribution in [-0.4, -0.2) is 46.7 Å². The topological polar surface area (TPSA) is 81.2 Å². The van der Waals surface area contributed by atoms with Crippen molar-refractivity contribution in [2.45, 2.75) is 26.4 Å². The van der Waals surface area contributed by atoms with Gasteiger partial charge in [0.05, 0.1) is 18.2 Å². The zero-order valence-electron chi connectivity index (χ0n) is 16.3. The van der Waals surface area contributed by atoms with Gasteiger partial charge in [0.1, 0.15) is 6.33 Å². The molecule has 0 saturated carbocycles. The summed E-state index contributed by atoms with van der Waals surface area (Å²) in [6.07, 6.45) is 3.21. The second kappa shape index (κ2) is 6.80. The number of nitrogens with zero attached hydrogens (tertiary/aromatic N) is 7. The molecule has 8 heteroatoms. The van der Waals surface area contributed by atoms with E-state index in [1.807, 2.05) is 46.0 Å². The van der Waals surface area contributed by atoms with Crippen molar-refractivity contribution in [3.8, 4) is 11.4 Å². The Morgan fingerprint density at radius 1 is 1.10 bits per heavy atom. The summed E-state index contributed by atoms with van der Waals surface area (Å²) in [4.78, 5) is 24.2. The van der Waals surface area contributed by atoms with Crippen LogP contribution in [0.1, 0.15) is 36.1 Å². The van der Waals surface area contributed by atoms with Crippen LogP contribution in [0.15, 0.2) is 55.0 Å². The molecule has 1 aromatic carbocycles. The lowest BCUT2D eigenvalue weighted by atomic mass is 9.99. The SMILES string of the molecule is CC(C)[C@H]1c2nc(-c3ccccc3)nn2CCN1C(=O)c1ccc2ncnn2c1. The van der Waals surface area contributed by atoms with Gasteiger partial charge in [-0.3, -0.25) is 4.79 Å². The lowest BCUT2D eigenvalue weighted by Gasteiger charge is -2.37. The molecule has 1 aliphatic rings.